The molecule has 0 saturated heterocycles. The maximum absolute atomic E-state index is 12.4. The number of phosphoric ester groups is 1. The Bertz CT molecular complexity index is 931. The number of phosphoric acid groups is 1. The zero-order valence-corrected chi connectivity index (χ0v) is 36.0. The van der Waals surface area contributed by atoms with E-state index in [0.29, 0.717) is 6.42 Å². The SMILES string of the molecule is CCCCCCCC/C=C/CCCCCCCCCCCC(=O)O[C@H](COC(=O)CCCCCCCCC/C=C/CCCCCCCC)COP(=O)(O)O. The fraction of sp³-hybridized carbons (Fsp3) is 0.867. The Morgan fingerprint density at radius 3 is 1.13 bits per heavy atom. The van der Waals surface area contributed by atoms with Crippen molar-refractivity contribution in [2.24, 2.45) is 0 Å². The topological polar surface area (TPSA) is 119 Å². The molecule has 8 nitrogen and oxygen atoms in total. The summed E-state index contributed by atoms with van der Waals surface area (Å²) < 4.78 is 26.4. The number of carbonyl (C=O) groups excluding carboxylic acids is 2. The molecule has 0 spiro atoms. The third-order valence-electron chi connectivity index (χ3n) is 9.94. The van der Waals surface area contributed by atoms with Gasteiger partial charge < -0.3 is 19.3 Å². The number of unbranched alkanes of at least 4 members (excludes halogenated alkanes) is 28. The smallest absolute Gasteiger partial charge is 0.462 e. The van der Waals surface area contributed by atoms with Crippen LogP contribution in [0, 0.1) is 0 Å². The van der Waals surface area contributed by atoms with Gasteiger partial charge in [0, 0.05) is 12.8 Å². The summed E-state index contributed by atoms with van der Waals surface area (Å²) in [6.45, 7) is 3.70. The van der Waals surface area contributed by atoms with Gasteiger partial charge in [0.2, 0.25) is 0 Å². The van der Waals surface area contributed by atoms with Gasteiger partial charge in [-0.15, -0.1) is 0 Å². The van der Waals surface area contributed by atoms with E-state index in [1.54, 1.807) is 0 Å². The lowest BCUT2D eigenvalue weighted by Gasteiger charge is -2.18. The first-order valence-electron chi connectivity index (χ1n) is 22.6. The highest BCUT2D eigenvalue weighted by Gasteiger charge is 2.22. The molecule has 0 fully saturated rings. The average Bonchev–Trinajstić information content (AvgIpc) is 3.14. The van der Waals surface area contributed by atoms with E-state index in [0.717, 1.165) is 51.4 Å². The molecule has 0 aliphatic carbocycles. The fourth-order valence-electron chi connectivity index (χ4n) is 6.54. The van der Waals surface area contributed by atoms with Gasteiger partial charge in [-0.3, -0.25) is 14.1 Å². The molecule has 0 unspecified atom stereocenters. The fourth-order valence-corrected chi connectivity index (χ4v) is 6.90. The molecule has 0 saturated carbocycles. The first-order chi connectivity index (χ1) is 26.3. The van der Waals surface area contributed by atoms with Crippen molar-refractivity contribution in [2.45, 2.75) is 238 Å². The van der Waals surface area contributed by atoms with Crippen LogP contribution in [-0.4, -0.2) is 41.0 Å². The average molecular weight is 785 g/mol. The van der Waals surface area contributed by atoms with Crippen LogP contribution in [0.2, 0.25) is 0 Å². The van der Waals surface area contributed by atoms with Gasteiger partial charge in [0.05, 0.1) is 6.61 Å². The first kappa shape index (κ1) is 52.5. The van der Waals surface area contributed by atoms with Crippen LogP contribution in [0.25, 0.3) is 0 Å². The minimum Gasteiger partial charge on any atom is -0.462 e. The van der Waals surface area contributed by atoms with Crippen LogP contribution in [0.3, 0.4) is 0 Å². The molecule has 0 aromatic heterocycles. The number of allylic oxidation sites excluding steroid dienone is 4. The minimum absolute atomic E-state index is 0.211. The molecule has 1 atom stereocenters. The van der Waals surface area contributed by atoms with Crippen molar-refractivity contribution in [1.29, 1.82) is 0 Å². The summed E-state index contributed by atoms with van der Waals surface area (Å²) in [6, 6.07) is 0. The summed E-state index contributed by atoms with van der Waals surface area (Å²) in [6.07, 6.45) is 47.5. The Kier molecular flexibility index (Phi) is 40.1. The van der Waals surface area contributed by atoms with E-state index in [9.17, 15) is 14.2 Å². The lowest BCUT2D eigenvalue weighted by Crippen LogP contribution is -2.29. The molecule has 54 heavy (non-hydrogen) atoms. The summed E-state index contributed by atoms with van der Waals surface area (Å²) in [5, 5.41) is 0. The highest BCUT2D eigenvalue weighted by Crippen LogP contribution is 2.36. The molecule has 0 aliphatic rings. The van der Waals surface area contributed by atoms with Crippen LogP contribution >= 0.6 is 7.82 Å². The molecule has 9 heteroatoms. The summed E-state index contributed by atoms with van der Waals surface area (Å²) in [7, 11) is -4.75. The predicted octanol–water partition coefficient (Wildman–Crippen LogP) is 14.0. The highest BCUT2D eigenvalue weighted by atomic mass is 31.2. The van der Waals surface area contributed by atoms with Crippen molar-refractivity contribution < 1.29 is 37.9 Å². The van der Waals surface area contributed by atoms with E-state index >= 15 is 0 Å². The molecule has 0 aromatic carbocycles. The second kappa shape index (κ2) is 41.2. The van der Waals surface area contributed by atoms with E-state index in [-0.39, 0.29) is 19.4 Å². The zero-order valence-electron chi connectivity index (χ0n) is 35.1. The molecule has 0 rings (SSSR count). The predicted molar refractivity (Wildman–Crippen MR) is 225 cm³/mol. The van der Waals surface area contributed by atoms with Crippen LogP contribution in [0.5, 0.6) is 0 Å². The maximum Gasteiger partial charge on any atom is 0.469 e. The zero-order chi connectivity index (χ0) is 39.6. The van der Waals surface area contributed by atoms with E-state index in [4.69, 9.17) is 19.3 Å². The number of hydrogen-bond acceptors (Lipinski definition) is 6. The van der Waals surface area contributed by atoms with Gasteiger partial charge in [0.15, 0.2) is 6.10 Å². The standard InChI is InChI=1S/C45H85O8P/c1-3-5-7-9-11-13-15-17-19-21-22-24-26-28-30-32-34-36-38-40-45(47)53-43(42-52-54(48,49)50)41-51-44(46)39-37-35-33-31-29-27-25-23-20-18-16-14-12-10-8-6-4-2/h17-20,43H,3-16,21-42H2,1-2H3,(H2,48,49,50)/b19-17+,20-18+/t43-/m1/s1. The molecule has 2 N–H and O–H groups in total. The number of esters is 2. The molecule has 318 valence electrons. The second-order valence-corrected chi connectivity index (χ2v) is 16.6. The Morgan fingerprint density at radius 2 is 0.778 bits per heavy atom. The molecular formula is C45H85O8P. The van der Waals surface area contributed by atoms with Crippen LogP contribution in [-0.2, 0) is 28.2 Å². The lowest BCUT2D eigenvalue weighted by molar-refractivity contribution is -0.161. The van der Waals surface area contributed by atoms with Crippen LogP contribution < -0.4 is 0 Å². The third-order valence-corrected chi connectivity index (χ3v) is 10.4. The molecule has 0 heterocycles. The normalized spacial score (nSPS) is 12.6. The molecular weight excluding hydrogens is 699 g/mol. The molecule has 0 bridgehead atoms. The van der Waals surface area contributed by atoms with Gasteiger partial charge in [-0.25, -0.2) is 4.57 Å². The van der Waals surface area contributed by atoms with E-state index in [1.165, 1.54) is 148 Å². The number of ether oxygens (including phenoxy) is 2. The third kappa shape index (κ3) is 43.3. The van der Waals surface area contributed by atoms with E-state index in [2.05, 4.69) is 42.7 Å². The number of hydrogen-bond donors (Lipinski definition) is 2. The van der Waals surface area contributed by atoms with E-state index < -0.39 is 32.5 Å². The van der Waals surface area contributed by atoms with Gasteiger partial charge >= 0.3 is 19.8 Å². The van der Waals surface area contributed by atoms with Crippen LogP contribution in [0.15, 0.2) is 24.3 Å². The molecule has 0 aliphatic heterocycles. The maximum atomic E-state index is 12.4. The Labute approximate surface area is 332 Å². The Morgan fingerprint density at radius 1 is 0.463 bits per heavy atom. The van der Waals surface area contributed by atoms with Gasteiger partial charge in [0.25, 0.3) is 0 Å². The van der Waals surface area contributed by atoms with Crippen molar-refractivity contribution in [1.82, 2.24) is 0 Å². The van der Waals surface area contributed by atoms with Gasteiger partial charge in [-0.1, -0.05) is 179 Å². The van der Waals surface area contributed by atoms with Crippen molar-refractivity contribution in [2.75, 3.05) is 13.2 Å². The lowest BCUT2D eigenvalue weighted by atomic mass is 10.1. The number of carbonyl (C=O) groups is 2. The van der Waals surface area contributed by atoms with Crippen LogP contribution in [0.1, 0.15) is 232 Å². The minimum atomic E-state index is -4.75. The summed E-state index contributed by atoms with van der Waals surface area (Å²) in [5.74, 6) is -0.883. The molecule has 0 aromatic rings. The summed E-state index contributed by atoms with van der Waals surface area (Å²) >= 11 is 0. The second-order valence-electron chi connectivity index (χ2n) is 15.4. The monoisotopic (exact) mass is 785 g/mol. The van der Waals surface area contributed by atoms with E-state index in [1.807, 2.05) is 0 Å². The number of rotatable bonds is 42. The largest absolute Gasteiger partial charge is 0.469 e. The quantitative estimate of drug-likeness (QED) is 0.0272. The summed E-state index contributed by atoms with van der Waals surface area (Å²) in [5.41, 5.74) is 0. The Balaban J connectivity index is 3.87. The van der Waals surface area contributed by atoms with Crippen molar-refractivity contribution in [3.63, 3.8) is 0 Å². The first-order valence-corrected chi connectivity index (χ1v) is 24.2. The Hall–Kier alpha value is -1.47. The summed E-state index contributed by atoms with van der Waals surface area (Å²) in [4.78, 5) is 42.9. The highest BCUT2D eigenvalue weighted by molar-refractivity contribution is 7.46. The van der Waals surface area contributed by atoms with Crippen molar-refractivity contribution >= 4 is 19.8 Å². The van der Waals surface area contributed by atoms with Gasteiger partial charge in [-0.05, 0) is 64.2 Å². The molecule has 0 radical (unpaired) electrons. The van der Waals surface area contributed by atoms with Gasteiger partial charge in [0.1, 0.15) is 6.61 Å². The van der Waals surface area contributed by atoms with Crippen molar-refractivity contribution in [3.8, 4) is 0 Å². The molecule has 0 amide bonds. The van der Waals surface area contributed by atoms with Gasteiger partial charge in [-0.2, -0.15) is 0 Å². The van der Waals surface area contributed by atoms with Crippen LogP contribution in [0.4, 0.5) is 0 Å². The van der Waals surface area contributed by atoms with Crippen molar-refractivity contribution in [3.05, 3.63) is 24.3 Å².